The molecule has 1 aliphatic heterocycles. The lowest BCUT2D eigenvalue weighted by Crippen LogP contribution is -2.45. The number of carbonyl (C=O) groups excluding carboxylic acids is 1. The van der Waals surface area contributed by atoms with Crippen LogP contribution < -0.4 is 0 Å². The number of aromatic hydroxyl groups is 1. The van der Waals surface area contributed by atoms with Crippen molar-refractivity contribution in [2.24, 2.45) is 0 Å². The van der Waals surface area contributed by atoms with Gasteiger partial charge in [0.05, 0.1) is 23.4 Å². The van der Waals surface area contributed by atoms with Gasteiger partial charge in [-0.1, -0.05) is 48.5 Å². The first-order valence-corrected chi connectivity index (χ1v) is 12.2. The van der Waals surface area contributed by atoms with Crippen LogP contribution in [0.3, 0.4) is 0 Å². The summed E-state index contributed by atoms with van der Waals surface area (Å²) in [4.78, 5) is 18.1. The summed E-state index contributed by atoms with van der Waals surface area (Å²) in [6.07, 6.45) is 0. The minimum absolute atomic E-state index is 0.134. The predicted molar refractivity (Wildman–Crippen MR) is 138 cm³/mol. The lowest BCUT2D eigenvalue weighted by atomic mass is 10.1. The summed E-state index contributed by atoms with van der Waals surface area (Å²) in [7, 11) is 0. The molecule has 0 spiro atoms. The molecular formula is C29H31N3O3. The molecule has 180 valence electrons. The number of hydrogen-bond donors (Lipinski definition) is 1. The van der Waals surface area contributed by atoms with Crippen LogP contribution in [-0.4, -0.2) is 58.2 Å². The summed E-state index contributed by atoms with van der Waals surface area (Å²) in [5, 5.41) is 10.9. The maximum absolute atomic E-state index is 13.2. The van der Waals surface area contributed by atoms with E-state index in [9.17, 15) is 9.90 Å². The predicted octanol–water partition coefficient (Wildman–Crippen LogP) is 4.83. The zero-order chi connectivity index (χ0) is 24.2. The molecule has 1 saturated heterocycles. The summed E-state index contributed by atoms with van der Waals surface area (Å²) in [6.45, 7) is 7.45. The highest BCUT2D eigenvalue weighted by Crippen LogP contribution is 2.33. The van der Waals surface area contributed by atoms with E-state index in [4.69, 9.17) is 4.74 Å². The number of benzene rings is 3. The van der Waals surface area contributed by atoms with Gasteiger partial charge >= 0.3 is 5.97 Å². The number of piperazine rings is 1. The number of ether oxygens (including phenoxy) is 1. The van der Waals surface area contributed by atoms with E-state index in [1.165, 1.54) is 5.56 Å². The number of rotatable bonds is 7. The fourth-order valence-electron chi connectivity index (χ4n) is 4.94. The number of phenolic OH excluding ortho intramolecular Hbond substituents is 1. The Kier molecular flexibility index (Phi) is 6.84. The SMILES string of the molecule is CCOC(=O)c1c(CN2CCN(Cc3ccccc3)CC2)n(-c2ccccc2)c2ccc(O)cc12. The molecule has 0 unspecified atom stereocenters. The van der Waals surface area contributed by atoms with Crippen LogP contribution in [0.25, 0.3) is 16.6 Å². The van der Waals surface area contributed by atoms with Crippen LogP contribution in [0.4, 0.5) is 0 Å². The summed E-state index contributed by atoms with van der Waals surface area (Å²) >= 11 is 0. The van der Waals surface area contributed by atoms with Crippen molar-refractivity contribution in [3.8, 4) is 11.4 Å². The van der Waals surface area contributed by atoms with E-state index in [0.717, 1.165) is 49.6 Å². The first-order valence-electron chi connectivity index (χ1n) is 12.2. The van der Waals surface area contributed by atoms with Gasteiger partial charge in [0.1, 0.15) is 5.75 Å². The van der Waals surface area contributed by atoms with Crippen LogP contribution in [0, 0.1) is 0 Å². The molecule has 0 saturated carbocycles. The van der Waals surface area contributed by atoms with E-state index < -0.39 is 0 Å². The number of aromatic nitrogens is 1. The molecular weight excluding hydrogens is 438 g/mol. The Bertz CT molecular complexity index is 1290. The van der Waals surface area contributed by atoms with Crippen LogP contribution in [-0.2, 0) is 17.8 Å². The number of carbonyl (C=O) groups is 1. The van der Waals surface area contributed by atoms with E-state index in [0.29, 0.717) is 24.1 Å². The van der Waals surface area contributed by atoms with Crippen molar-refractivity contribution < 1.29 is 14.6 Å². The molecule has 0 radical (unpaired) electrons. The molecule has 0 amide bonds. The molecule has 1 fully saturated rings. The summed E-state index contributed by atoms with van der Waals surface area (Å²) in [5.41, 5.74) is 4.63. The highest BCUT2D eigenvalue weighted by Gasteiger charge is 2.27. The highest BCUT2D eigenvalue weighted by molar-refractivity contribution is 6.07. The number of esters is 1. The topological polar surface area (TPSA) is 57.9 Å². The van der Waals surface area contributed by atoms with Crippen LogP contribution in [0.1, 0.15) is 28.5 Å². The average Bonchev–Trinajstić information content (AvgIpc) is 3.19. The number of fused-ring (bicyclic) bond motifs is 1. The summed E-state index contributed by atoms with van der Waals surface area (Å²) < 4.78 is 7.61. The molecule has 1 aromatic heterocycles. The van der Waals surface area contributed by atoms with Crippen molar-refractivity contribution in [3.05, 3.63) is 95.7 Å². The molecule has 5 rings (SSSR count). The molecule has 1 aliphatic rings. The molecule has 0 atom stereocenters. The molecule has 6 heteroatoms. The Morgan fingerprint density at radius 1 is 0.857 bits per heavy atom. The third-order valence-corrected chi connectivity index (χ3v) is 6.63. The smallest absolute Gasteiger partial charge is 0.340 e. The third-order valence-electron chi connectivity index (χ3n) is 6.63. The lowest BCUT2D eigenvalue weighted by Gasteiger charge is -2.35. The zero-order valence-corrected chi connectivity index (χ0v) is 20.1. The highest BCUT2D eigenvalue weighted by atomic mass is 16.5. The number of hydrogen-bond acceptors (Lipinski definition) is 5. The van der Waals surface area contributed by atoms with Gasteiger partial charge in [0.25, 0.3) is 0 Å². The molecule has 1 N–H and O–H groups in total. The fraction of sp³-hybridized carbons (Fsp3) is 0.276. The van der Waals surface area contributed by atoms with Gasteiger partial charge in [-0.3, -0.25) is 9.80 Å². The Hall–Kier alpha value is -3.61. The second-order valence-corrected chi connectivity index (χ2v) is 8.95. The minimum Gasteiger partial charge on any atom is -0.508 e. The van der Waals surface area contributed by atoms with Crippen LogP contribution >= 0.6 is 0 Å². The quantitative estimate of drug-likeness (QED) is 0.393. The Balaban J connectivity index is 1.48. The van der Waals surface area contributed by atoms with E-state index in [2.05, 4.69) is 38.6 Å². The van der Waals surface area contributed by atoms with Crippen molar-refractivity contribution in [3.63, 3.8) is 0 Å². The zero-order valence-electron chi connectivity index (χ0n) is 20.1. The van der Waals surface area contributed by atoms with Gasteiger partial charge in [0, 0.05) is 50.3 Å². The molecule has 6 nitrogen and oxygen atoms in total. The van der Waals surface area contributed by atoms with Gasteiger partial charge in [-0.15, -0.1) is 0 Å². The fourth-order valence-corrected chi connectivity index (χ4v) is 4.94. The summed E-state index contributed by atoms with van der Waals surface area (Å²) in [6, 6.07) is 25.9. The first-order chi connectivity index (χ1) is 17.1. The maximum Gasteiger partial charge on any atom is 0.340 e. The second-order valence-electron chi connectivity index (χ2n) is 8.95. The standard InChI is InChI=1S/C29H31N3O3/c1-2-35-29(34)28-25-19-24(33)13-14-26(25)32(23-11-7-4-8-12-23)27(28)21-31-17-15-30(16-18-31)20-22-9-5-3-6-10-22/h3-14,19,33H,2,15-18,20-21H2,1H3. The molecule has 4 aromatic rings. The van der Waals surface area contributed by atoms with Crippen molar-refractivity contribution >= 4 is 16.9 Å². The minimum atomic E-state index is -0.351. The normalized spacial score (nSPS) is 14.9. The lowest BCUT2D eigenvalue weighted by molar-refractivity contribution is 0.0524. The van der Waals surface area contributed by atoms with Gasteiger partial charge in [0.2, 0.25) is 0 Å². The van der Waals surface area contributed by atoms with Crippen LogP contribution in [0.15, 0.2) is 78.9 Å². The number of phenols is 1. The van der Waals surface area contributed by atoms with Crippen molar-refractivity contribution in [2.75, 3.05) is 32.8 Å². The Morgan fingerprint density at radius 3 is 2.14 bits per heavy atom. The molecule has 0 aliphatic carbocycles. The summed E-state index contributed by atoms with van der Waals surface area (Å²) in [5.74, 6) is -0.218. The third kappa shape index (κ3) is 4.94. The van der Waals surface area contributed by atoms with E-state index in [1.807, 2.05) is 49.4 Å². The Morgan fingerprint density at radius 2 is 1.49 bits per heavy atom. The molecule has 3 aromatic carbocycles. The monoisotopic (exact) mass is 469 g/mol. The maximum atomic E-state index is 13.2. The van der Waals surface area contributed by atoms with E-state index in [-0.39, 0.29) is 11.7 Å². The van der Waals surface area contributed by atoms with Gasteiger partial charge < -0.3 is 14.4 Å². The van der Waals surface area contributed by atoms with Crippen molar-refractivity contribution in [1.82, 2.24) is 14.4 Å². The van der Waals surface area contributed by atoms with E-state index in [1.54, 1.807) is 12.1 Å². The van der Waals surface area contributed by atoms with Crippen LogP contribution in [0.5, 0.6) is 5.75 Å². The number of para-hydroxylation sites is 1. The van der Waals surface area contributed by atoms with Gasteiger partial charge in [-0.2, -0.15) is 0 Å². The number of nitrogens with zero attached hydrogens (tertiary/aromatic N) is 3. The van der Waals surface area contributed by atoms with Gasteiger partial charge in [-0.05, 0) is 42.8 Å². The largest absolute Gasteiger partial charge is 0.508 e. The van der Waals surface area contributed by atoms with Gasteiger partial charge in [-0.25, -0.2) is 4.79 Å². The van der Waals surface area contributed by atoms with Gasteiger partial charge in [0.15, 0.2) is 0 Å². The van der Waals surface area contributed by atoms with E-state index >= 15 is 0 Å². The molecule has 2 heterocycles. The molecule has 35 heavy (non-hydrogen) atoms. The molecule has 0 bridgehead atoms. The van der Waals surface area contributed by atoms with Crippen molar-refractivity contribution in [2.45, 2.75) is 20.0 Å². The second kappa shape index (κ2) is 10.3. The van der Waals surface area contributed by atoms with Crippen molar-refractivity contribution in [1.29, 1.82) is 0 Å². The first kappa shape index (κ1) is 23.1. The Labute approximate surface area is 206 Å². The van der Waals surface area contributed by atoms with Crippen LogP contribution in [0.2, 0.25) is 0 Å². The average molecular weight is 470 g/mol.